The number of nitrogens with zero attached hydrogens (tertiary/aromatic N) is 2. The van der Waals surface area contributed by atoms with Crippen LogP contribution in [0.1, 0.15) is 24.5 Å². The minimum Gasteiger partial charge on any atom is -0.479 e. The van der Waals surface area contributed by atoms with E-state index in [9.17, 15) is 9.59 Å². The summed E-state index contributed by atoms with van der Waals surface area (Å²) in [5, 5.41) is 2.87. The Morgan fingerprint density at radius 3 is 2.63 bits per heavy atom. The van der Waals surface area contributed by atoms with Gasteiger partial charge in [-0.15, -0.1) is 0 Å². The monoisotopic (exact) mass is 407 g/mol. The molecule has 0 aromatic heterocycles. The van der Waals surface area contributed by atoms with Crippen molar-refractivity contribution in [2.45, 2.75) is 26.4 Å². The van der Waals surface area contributed by atoms with Crippen LogP contribution in [0.4, 0.5) is 11.4 Å². The number of nitrogens with one attached hydrogen (secondary N) is 1. The van der Waals surface area contributed by atoms with Gasteiger partial charge in [-0.3, -0.25) is 9.59 Å². The molecule has 1 aliphatic rings. The molecule has 0 spiro atoms. The van der Waals surface area contributed by atoms with Gasteiger partial charge in [0.2, 0.25) is 5.91 Å². The molecular weight excluding hydrogens is 378 g/mol. The highest BCUT2D eigenvalue weighted by Gasteiger charge is 2.31. The van der Waals surface area contributed by atoms with Gasteiger partial charge in [0.15, 0.2) is 6.10 Å². The molecule has 30 heavy (non-hydrogen) atoms. The van der Waals surface area contributed by atoms with Gasteiger partial charge in [-0.25, -0.2) is 0 Å². The van der Waals surface area contributed by atoms with Gasteiger partial charge < -0.3 is 19.9 Å². The van der Waals surface area contributed by atoms with E-state index in [2.05, 4.69) is 10.2 Å². The predicted molar refractivity (Wildman–Crippen MR) is 121 cm³/mol. The highest BCUT2D eigenvalue weighted by Crippen LogP contribution is 2.36. The van der Waals surface area contributed by atoms with E-state index in [0.717, 1.165) is 18.5 Å². The second-order valence-corrected chi connectivity index (χ2v) is 7.82. The second-order valence-electron chi connectivity index (χ2n) is 7.82. The van der Waals surface area contributed by atoms with Crippen molar-refractivity contribution >= 4 is 29.3 Å². The van der Waals surface area contributed by atoms with Crippen molar-refractivity contribution in [3.05, 3.63) is 59.7 Å². The Kier molecular flexibility index (Phi) is 6.90. The third-order valence-electron chi connectivity index (χ3n) is 4.93. The zero-order valence-corrected chi connectivity index (χ0v) is 18.0. The molecular formula is C24H29N3O3. The molecule has 2 aromatic rings. The van der Waals surface area contributed by atoms with Crippen LogP contribution in [0, 0.1) is 6.92 Å². The lowest BCUT2D eigenvalue weighted by molar-refractivity contribution is -0.125. The molecule has 1 aliphatic heterocycles. The summed E-state index contributed by atoms with van der Waals surface area (Å²) in [6.45, 7) is 5.27. The van der Waals surface area contributed by atoms with E-state index in [1.54, 1.807) is 36.1 Å². The number of benzene rings is 2. The fraction of sp³-hybridized carbons (Fsp3) is 0.333. The first-order chi connectivity index (χ1) is 14.3. The number of fused-ring (bicyclic) bond motifs is 1. The van der Waals surface area contributed by atoms with E-state index in [-0.39, 0.29) is 11.8 Å². The molecule has 1 unspecified atom stereocenters. The Labute approximate surface area is 178 Å². The van der Waals surface area contributed by atoms with Gasteiger partial charge in [-0.2, -0.15) is 0 Å². The molecule has 0 saturated carbocycles. The van der Waals surface area contributed by atoms with Crippen LogP contribution in [0.5, 0.6) is 5.75 Å². The van der Waals surface area contributed by atoms with Gasteiger partial charge in [0.05, 0.1) is 5.69 Å². The van der Waals surface area contributed by atoms with Crippen LogP contribution in [-0.2, 0) is 9.59 Å². The number of carbonyl (C=O) groups excluding carboxylic acids is 2. The first-order valence-corrected chi connectivity index (χ1v) is 10.2. The van der Waals surface area contributed by atoms with Gasteiger partial charge in [-0.1, -0.05) is 29.8 Å². The lowest BCUT2D eigenvalue weighted by Crippen LogP contribution is -2.45. The number of rotatable bonds is 7. The Hall–Kier alpha value is -3.12. The number of hydrogen-bond donors (Lipinski definition) is 1. The zero-order valence-electron chi connectivity index (χ0n) is 18.0. The van der Waals surface area contributed by atoms with Gasteiger partial charge in [0.25, 0.3) is 5.91 Å². The maximum Gasteiger partial charge on any atom is 0.267 e. The number of carbonyl (C=O) groups is 2. The van der Waals surface area contributed by atoms with Crippen LogP contribution >= 0.6 is 0 Å². The summed E-state index contributed by atoms with van der Waals surface area (Å²) in [4.78, 5) is 28.9. The molecule has 1 N–H and O–H groups in total. The number of amides is 2. The maximum atomic E-state index is 12.7. The van der Waals surface area contributed by atoms with E-state index >= 15 is 0 Å². The Morgan fingerprint density at radius 2 is 1.93 bits per heavy atom. The lowest BCUT2D eigenvalue weighted by atomic mass is 10.1. The SMILES string of the molecule is Cc1ccc(/C=C/C(=O)Nc2ccc3c(c2)N(CCCN(C)C)C(=O)C(C)O3)cc1. The van der Waals surface area contributed by atoms with E-state index in [0.29, 0.717) is 23.7 Å². The molecule has 2 amide bonds. The molecule has 1 atom stereocenters. The van der Waals surface area contributed by atoms with E-state index in [1.165, 1.54) is 11.6 Å². The normalized spacial score (nSPS) is 16.0. The molecule has 0 fully saturated rings. The predicted octanol–water partition coefficient (Wildman–Crippen LogP) is 3.71. The molecule has 0 aliphatic carbocycles. The van der Waals surface area contributed by atoms with Crippen molar-refractivity contribution in [2.75, 3.05) is 37.4 Å². The highest BCUT2D eigenvalue weighted by atomic mass is 16.5. The van der Waals surface area contributed by atoms with Crippen LogP contribution in [0.2, 0.25) is 0 Å². The van der Waals surface area contributed by atoms with Crippen LogP contribution in [0.15, 0.2) is 48.5 Å². The number of ether oxygens (including phenoxy) is 1. The summed E-state index contributed by atoms with van der Waals surface area (Å²) in [6.07, 6.45) is 3.60. The zero-order chi connectivity index (χ0) is 21.7. The third-order valence-corrected chi connectivity index (χ3v) is 4.93. The smallest absolute Gasteiger partial charge is 0.267 e. The van der Waals surface area contributed by atoms with E-state index in [4.69, 9.17) is 4.74 Å². The quantitative estimate of drug-likeness (QED) is 0.711. The molecule has 1 heterocycles. The molecule has 0 saturated heterocycles. The van der Waals surface area contributed by atoms with Gasteiger partial charge in [-0.05, 0) is 70.7 Å². The Morgan fingerprint density at radius 1 is 1.20 bits per heavy atom. The summed E-state index contributed by atoms with van der Waals surface area (Å²) in [5.41, 5.74) is 3.45. The summed E-state index contributed by atoms with van der Waals surface area (Å²) < 4.78 is 5.75. The third kappa shape index (κ3) is 5.48. The van der Waals surface area contributed by atoms with Gasteiger partial charge >= 0.3 is 0 Å². The molecule has 0 radical (unpaired) electrons. The summed E-state index contributed by atoms with van der Waals surface area (Å²) >= 11 is 0. The molecule has 158 valence electrons. The molecule has 6 heteroatoms. The van der Waals surface area contributed by atoms with Crippen molar-refractivity contribution in [1.82, 2.24) is 4.90 Å². The number of aryl methyl sites for hydroxylation is 1. The standard InChI is InChI=1S/C24H29N3O3/c1-17-6-8-19(9-7-17)10-13-23(28)25-20-11-12-22-21(16-20)27(15-5-14-26(3)4)24(29)18(2)30-22/h6-13,16,18H,5,14-15H2,1-4H3,(H,25,28)/b13-10+. The van der Waals surface area contributed by atoms with Gasteiger partial charge in [0, 0.05) is 18.3 Å². The second kappa shape index (κ2) is 9.59. The van der Waals surface area contributed by atoms with Crippen molar-refractivity contribution in [3.8, 4) is 5.75 Å². The van der Waals surface area contributed by atoms with E-state index in [1.807, 2.05) is 45.3 Å². The summed E-state index contributed by atoms with van der Waals surface area (Å²) in [6, 6.07) is 13.3. The van der Waals surface area contributed by atoms with E-state index < -0.39 is 6.10 Å². The summed E-state index contributed by atoms with van der Waals surface area (Å²) in [5.74, 6) is 0.357. The van der Waals surface area contributed by atoms with Crippen molar-refractivity contribution in [3.63, 3.8) is 0 Å². The number of hydrogen-bond acceptors (Lipinski definition) is 4. The molecule has 6 nitrogen and oxygen atoms in total. The molecule has 2 aromatic carbocycles. The topological polar surface area (TPSA) is 61.9 Å². The van der Waals surface area contributed by atoms with Crippen LogP contribution in [-0.4, -0.2) is 50.0 Å². The first-order valence-electron chi connectivity index (χ1n) is 10.2. The average Bonchev–Trinajstić information content (AvgIpc) is 2.70. The largest absolute Gasteiger partial charge is 0.479 e. The van der Waals surface area contributed by atoms with Gasteiger partial charge in [0.1, 0.15) is 5.75 Å². The maximum absolute atomic E-state index is 12.7. The van der Waals surface area contributed by atoms with Crippen LogP contribution < -0.4 is 15.0 Å². The summed E-state index contributed by atoms with van der Waals surface area (Å²) in [7, 11) is 4.02. The number of anilines is 2. The van der Waals surface area contributed by atoms with Crippen molar-refractivity contribution < 1.29 is 14.3 Å². The fourth-order valence-electron chi connectivity index (χ4n) is 3.29. The Bertz CT molecular complexity index is 935. The minimum atomic E-state index is -0.519. The Balaban J connectivity index is 1.73. The van der Waals surface area contributed by atoms with Crippen molar-refractivity contribution in [2.24, 2.45) is 0 Å². The average molecular weight is 408 g/mol. The van der Waals surface area contributed by atoms with Crippen molar-refractivity contribution in [1.29, 1.82) is 0 Å². The van der Waals surface area contributed by atoms with Crippen LogP contribution in [0.25, 0.3) is 6.08 Å². The molecule has 3 rings (SSSR count). The fourth-order valence-corrected chi connectivity index (χ4v) is 3.29. The highest BCUT2D eigenvalue weighted by molar-refractivity contribution is 6.04. The molecule has 0 bridgehead atoms. The minimum absolute atomic E-state index is 0.0657. The lowest BCUT2D eigenvalue weighted by Gasteiger charge is -2.33. The van der Waals surface area contributed by atoms with Crippen LogP contribution in [0.3, 0.4) is 0 Å². The first kappa shape index (κ1) is 21.6.